The fraction of sp³-hybridized carbons (Fsp3) is 0.667. The van der Waals surface area contributed by atoms with Gasteiger partial charge >= 0.3 is 0 Å². The van der Waals surface area contributed by atoms with Crippen molar-refractivity contribution in [2.24, 2.45) is 5.92 Å². The lowest BCUT2D eigenvalue weighted by molar-refractivity contribution is -0.131. The number of carbonyl (C=O) groups excluding carboxylic acids is 1. The first-order valence-corrected chi connectivity index (χ1v) is 10.6. The molecule has 2 fully saturated rings. The standard InChI is InChI=1S/C15H24N4O3S2/c1-17-7-9-18(10-8-17)16-15(20)13-4-2-6-19(12-13)24(21,22)14-5-3-11-23-14/h3,5,11,13H,2,4,6-10,12H2,1H3,(H,16,20)/t13-/m1/s1. The van der Waals surface area contributed by atoms with Crippen LogP contribution in [0, 0.1) is 5.92 Å². The van der Waals surface area contributed by atoms with Gasteiger partial charge in [0.2, 0.25) is 5.91 Å². The summed E-state index contributed by atoms with van der Waals surface area (Å²) in [5.41, 5.74) is 2.96. The van der Waals surface area contributed by atoms with Crippen LogP contribution < -0.4 is 5.43 Å². The number of carbonyl (C=O) groups is 1. The van der Waals surface area contributed by atoms with E-state index in [0.717, 1.165) is 32.6 Å². The molecule has 2 aliphatic heterocycles. The molecule has 9 heteroatoms. The summed E-state index contributed by atoms with van der Waals surface area (Å²) >= 11 is 1.22. The molecule has 0 radical (unpaired) electrons. The van der Waals surface area contributed by atoms with Gasteiger partial charge < -0.3 is 4.90 Å². The Labute approximate surface area is 147 Å². The van der Waals surface area contributed by atoms with Gasteiger partial charge in [-0.1, -0.05) is 6.07 Å². The van der Waals surface area contributed by atoms with Crippen molar-refractivity contribution < 1.29 is 13.2 Å². The summed E-state index contributed by atoms with van der Waals surface area (Å²) in [6.45, 7) is 4.18. The van der Waals surface area contributed by atoms with Crippen molar-refractivity contribution in [3.63, 3.8) is 0 Å². The first-order chi connectivity index (χ1) is 11.5. The molecule has 24 heavy (non-hydrogen) atoms. The van der Waals surface area contributed by atoms with E-state index in [1.165, 1.54) is 15.6 Å². The Balaban J connectivity index is 1.60. The smallest absolute Gasteiger partial charge is 0.252 e. The molecule has 2 saturated heterocycles. The minimum atomic E-state index is -3.47. The fourth-order valence-corrected chi connectivity index (χ4v) is 5.75. The number of piperidine rings is 1. The van der Waals surface area contributed by atoms with Gasteiger partial charge in [0.15, 0.2) is 0 Å². The molecule has 0 aromatic carbocycles. The molecule has 1 N–H and O–H groups in total. The Hall–Kier alpha value is -1.00. The average molecular weight is 373 g/mol. The van der Waals surface area contributed by atoms with Crippen molar-refractivity contribution in [3.8, 4) is 0 Å². The van der Waals surface area contributed by atoms with Crippen molar-refractivity contribution in [2.45, 2.75) is 17.1 Å². The molecule has 1 aromatic rings. The van der Waals surface area contributed by atoms with E-state index in [4.69, 9.17) is 0 Å². The zero-order chi connectivity index (χ0) is 17.2. The summed E-state index contributed by atoms with van der Waals surface area (Å²) in [5.74, 6) is -0.348. The maximum atomic E-state index is 12.6. The molecular formula is C15H24N4O3S2. The number of nitrogens with zero attached hydrogens (tertiary/aromatic N) is 3. The zero-order valence-corrected chi connectivity index (χ0v) is 15.5. The van der Waals surface area contributed by atoms with Gasteiger partial charge in [-0.2, -0.15) is 4.31 Å². The fourth-order valence-electron chi connectivity index (χ4n) is 3.08. The number of piperazine rings is 1. The Kier molecular flexibility index (Phi) is 5.56. The molecule has 0 saturated carbocycles. The molecule has 3 heterocycles. The van der Waals surface area contributed by atoms with Gasteiger partial charge in [-0.25, -0.2) is 13.4 Å². The number of likely N-dealkylation sites (N-methyl/N-ethyl adjacent to an activating group) is 1. The van der Waals surface area contributed by atoms with Gasteiger partial charge in [-0.3, -0.25) is 10.2 Å². The van der Waals surface area contributed by atoms with Crippen LogP contribution in [0.15, 0.2) is 21.7 Å². The minimum Gasteiger partial charge on any atom is -0.304 e. The largest absolute Gasteiger partial charge is 0.304 e. The first-order valence-electron chi connectivity index (χ1n) is 8.24. The van der Waals surface area contributed by atoms with E-state index in [-0.39, 0.29) is 18.4 Å². The Morgan fingerprint density at radius 3 is 2.67 bits per heavy atom. The molecule has 0 aliphatic carbocycles. The molecule has 1 aromatic heterocycles. The van der Waals surface area contributed by atoms with Crippen LogP contribution in [0.2, 0.25) is 0 Å². The summed E-state index contributed by atoms with van der Waals surface area (Å²) in [4.78, 5) is 14.7. The van der Waals surface area contributed by atoms with E-state index >= 15 is 0 Å². The second-order valence-electron chi connectivity index (χ2n) is 6.40. The molecule has 1 atom stereocenters. The predicted molar refractivity (Wildman–Crippen MR) is 93.0 cm³/mol. The second kappa shape index (κ2) is 7.49. The zero-order valence-electron chi connectivity index (χ0n) is 13.8. The molecular weight excluding hydrogens is 348 g/mol. The van der Waals surface area contributed by atoms with E-state index < -0.39 is 10.0 Å². The quantitative estimate of drug-likeness (QED) is 0.830. The highest BCUT2D eigenvalue weighted by molar-refractivity contribution is 7.91. The molecule has 3 rings (SSSR count). The number of rotatable bonds is 4. The first kappa shape index (κ1) is 17.8. The lowest BCUT2D eigenvalue weighted by Crippen LogP contribution is -2.55. The van der Waals surface area contributed by atoms with Crippen LogP contribution >= 0.6 is 11.3 Å². The third-order valence-electron chi connectivity index (χ3n) is 4.62. The van der Waals surface area contributed by atoms with Crippen LogP contribution in [0.25, 0.3) is 0 Å². The predicted octanol–water partition coefficient (Wildman–Crippen LogP) is 0.427. The van der Waals surface area contributed by atoms with Gasteiger partial charge in [0, 0.05) is 39.3 Å². The number of hydrogen-bond donors (Lipinski definition) is 1. The van der Waals surface area contributed by atoms with Gasteiger partial charge in [-0.05, 0) is 31.3 Å². The van der Waals surface area contributed by atoms with Gasteiger partial charge in [-0.15, -0.1) is 11.3 Å². The van der Waals surface area contributed by atoms with E-state index in [0.29, 0.717) is 17.2 Å². The Morgan fingerprint density at radius 2 is 2.00 bits per heavy atom. The van der Waals surface area contributed by atoms with Gasteiger partial charge in [0.05, 0.1) is 5.92 Å². The van der Waals surface area contributed by atoms with Crippen molar-refractivity contribution >= 4 is 27.3 Å². The minimum absolute atomic E-state index is 0.0642. The summed E-state index contributed by atoms with van der Waals surface area (Å²) in [5, 5.41) is 3.70. The second-order valence-corrected chi connectivity index (χ2v) is 9.51. The Bertz CT molecular complexity index is 654. The number of hydrogen-bond acceptors (Lipinski definition) is 6. The molecule has 7 nitrogen and oxygen atoms in total. The van der Waals surface area contributed by atoms with Crippen molar-refractivity contribution in [1.29, 1.82) is 0 Å². The van der Waals surface area contributed by atoms with E-state index in [1.54, 1.807) is 17.5 Å². The number of amides is 1. The maximum absolute atomic E-state index is 12.6. The van der Waals surface area contributed by atoms with E-state index in [9.17, 15) is 13.2 Å². The third-order valence-corrected chi connectivity index (χ3v) is 7.85. The summed E-state index contributed by atoms with van der Waals surface area (Å²) < 4.78 is 27.1. The van der Waals surface area contributed by atoms with Crippen LogP contribution in [0.5, 0.6) is 0 Å². The molecule has 1 amide bonds. The maximum Gasteiger partial charge on any atom is 0.252 e. The highest BCUT2D eigenvalue weighted by Crippen LogP contribution is 2.26. The van der Waals surface area contributed by atoms with Crippen molar-refractivity contribution in [2.75, 3.05) is 46.3 Å². The van der Waals surface area contributed by atoms with Crippen LogP contribution in [0.1, 0.15) is 12.8 Å². The molecule has 0 bridgehead atoms. The molecule has 0 unspecified atom stereocenters. The summed E-state index contributed by atoms with van der Waals surface area (Å²) in [6.07, 6.45) is 1.45. The summed E-state index contributed by atoms with van der Waals surface area (Å²) in [6, 6.07) is 3.35. The number of sulfonamides is 1. The summed E-state index contributed by atoms with van der Waals surface area (Å²) in [7, 11) is -1.41. The van der Waals surface area contributed by atoms with Crippen LogP contribution in [0.4, 0.5) is 0 Å². The van der Waals surface area contributed by atoms with Crippen LogP contribution in [-0.2, 0) is 14.8 Å². The lowest BCUT2D eigenvalue weighted by atomic mass is 9.99. The number of nitrogens with one attached hydrogen (secondary N) is 1. The molecule has 0 spiro atoms. The van der Waals surface area contributed by atoms with Crippen molar-refractivity contribution in [3.05, 3.63) is 17.5 Å². The van der Waals surface area contributed by atoms with E-state index in [2.05, 4.69) is 17.4 Å². The highest BCUT2D eigenvalue weighted by atomic mass is 32.2. The lowest BCUT2D eigenvalue weighted by Gasteiger charge is -2.35. The van der Waals surface area contributed by atoms with Crippen LogP contribution in [0.3, 0.4) is 0 Å². The topological polar surface area (TPSA) is 73.0 Å². The number of thiophene rings is 1. The third kappa shape index (κ3) is 3.97. The van der Waals surface area contributed by atoms with Gasteiger partial charge in [0.25, 0.3) is 10.0 Å². The monoisotopic (exact) mass is 372 g/mol. The SMILES string of the molecule is CN1CCN(NC(=O)[C@@H]2CCCN(S(=O)(=O)c3cccs3)C2)CC1. The number of hydrazine groups is 1. The molecule has 2 aliphatic rings. The molecule has 134 valence electrons. The normalized spacial score (nSPS) is 24.8. The van der Waals surface area contributed by atoms with E-state index in [1.807, 2.05) is 5.01 Å². The highest BCUT2D eigenvalue weighted by Gasteiger charge is 2.34. The average Bonchev–Trinajstić information content (AvgIpc) is 3.12. The Morgan fingerprint density at radius 1 is 1.25 bits per heavy atom. The van der Waals surface area contributed by atoms with Crippen molar-refractivity contribution in [1.82, 2.24) is 19.6 Å². The van der Waals surface area contributed by atoms with Crippen LogP contribution in [-0.4, -0.2) is 74.9 Å². The van der Waals surface area contributed by atoms with Gasteiger partial charge in [0.1, 0.15) is 4.21 Å².